The largest absolute Gasteiger partial charge is 0.272 e. The van der Waals surface area contributed by atoms with Crippen LogP contribution in [0.2, 0.25) is 0 Å². The van der Waals surface area contributed by atoms with Crippen molar-refractivity contribution < 1.29 is 0 Å². The molecule has 0 aliphatic carbocycles. The Kier molecular flexibility index (Phi) is 4.51. The van der Waals surface area contributed by atoms with E-state index >= 15 is 0 Å². The normalized spacial score (nSPS) is 13.7. The van der Waals surface area contributed by atoms with Crippen LogP contribution in [0.4, 0.5) is 0 Å². The van der Waals surface area contributed by atoms with Crippen molar-refractivity contribution in [2.45, 2.75) is 52.5 Å². The van der Waals surface area contributed by atoms with Crippen molar-refractivity contribution in [3.8, 4) is 0 Å². The summed E-state index contributed by atoms with van der Waals surface area (Å²) in [5.74, 6) is 5.78. The summed E-state index contributed by atoms with van der Waals surface area (Å²) < 4.78 is 1.90. The quantitative estimate of drug-likeness (QED) is 0.673. The van der Waals surface area contributed by atoms with Gasteiger partial charge in [-0.15, -0.1) is 11.3 Å². The lowest BCUT2D eigenvalue weighted by molar-refractivity contribution is 0.536. The van der Waals surface area contributed by atoms with E-state index in [1.165, 1.54) is 5.56 Å². The van der Waals surface area contributed by atoms with Gasteiger partial charge in [0.2, 0.25) is 0 Å². The second-order valence-electron chi connectivity index (χ2n) is 6.51. The maximum atomic E-state index is 5.78. The first kappa shape index (κ1) is 16.1. The minimum absolute atomic E-state index is 0.0395. The summed E-state index contributed by atoms with van der Waals surface area (Å²) in [5, 5.41) is 7.72. The number of aromatic nitrogens is 3. The predicted molar refractivity (Wildman–Crippen MR) is 87.3 cm³/mol. The van der Waals surface area contributed by atoms with Crippen LogP contribution in [0, 0.1) is 13.8 Å². The molecule has 1 unspecified atom stereocenters. The van der Waals surface area contributed by atoms with Crippen LogP contribution in [-0.2, 0) is 18.9 Å². The molecule has 0 aromatic carbocycles. The van der Waals surface area contributed by atoms with E-state index in [2.05, 4.69) is 43.6 Å². The van der Waals surface area contributed by atoms with E-state index in [0.717, 1.165) is 28.5 Å². The fraction of sp³-hybridized carbons (Fsp3) is 0.600. The fourth-order valence-corrected chi connectivity index (χ4v) is 3.53. The second-order valence-corrected chi connectivity index (χ2v) is 7.45. The number of aryl methyl sites for hydroxylation is 2. The molecule has 6 heteroatoms. The lowest BCUT2D eigenvalue weighted by atomic mass is 9.93. The summed E-state index contributed by atoms with van der Waals surface area (Å²) in [7, 11) is 1.96. The molecule has 21 heavy (non-hydrogen) atoms. The summed E-state index contributed by atoms with van der Waals surface area (Å²) in [6, 6.07) is 0.0395. The summed E-state index contributed by atoms with van der Waals surface area (Å²) >= 11 is 1.70. The molecular weight excluding hydrogens is 282 g/mol. The summed E-state index contributed by atoms with van der Waals surface area (Å²) in [5.41, 5.74) is 7.48. The van der Waals surface area contributed by atoms with Gasteiger partial charge in [0.25, 0.3) is 0 Å². The number of nitrogens with two attached hydrogens (primary N) is 1. The van der Waals surface area contributed by atoms with Gasteiger partial charge in [-0.2, -0.15) is 5.10 Å². The molecule has 0 saturated carbocycles. The number of hydrogen-bond donors (Lipinski definition) is 2. The third-order valence-electron chi connectivity index (χ3n) is 3.81. The molecule has 116 valence electrons. The van der Waals surface area contributed by atoms with Crippen LogP contribution in [0.15, 0.2) is 5.38 Å². The van der Waals surface area contributed by atoms with E-state index < -0.39 is 0 Å². The number of hydrogen-bond acceptors (Lipinski definition) is 5. The van der Waals surface area contributed by atoms with E-state index in [9.17, 15) is 0 Å². The molecule has 0 spiro atoms. The average Bonchev–Trinajstić information content (AvgIpc) is 2.94. The highest BCUT2D eigenvalue weighted by molar-refractivity contribution is 7.09. The van der Waals surface area contributed by atoms with Crippen molar-refractivity contribution in [2.24, 2.45) is 12.9 Å². The highest BCUT2D eigenvalue weighted by Gasteiger charge is 2.22. The summed E-state index contributed by atoms with van der Waals surface area (Å²) in [6.07, 6.45) is 0.782. The molecule has 0 radical (unpaired) electrons. The van der Waals surface area contributed by atoms with E-state index in [1.807, 2.05) is 18.7 Å². The molecule has 0 bridgehead atoms. The van der Waals surface area contributed by atoms with Gasteiger partial charge in [0.15, 0.2) is 0 Å². The van der Waals surface area contributed by atoms with E-state index in [1.54, 1.807) is 11.3 Å². The van der Waals surface area contributed by atoms with E-state index in [4.69, 9.17) is 10.8 Å². The molecule has 2 rings (SSSR count). The van der Waals surface area contributed by atoms with Crippen molar-refractivity contribution in [1.29, 1.82) is 0 Å². The van der Waals surface area contributed by atoms with Gasteiger partial charge in [-0.1, -0.05) is 20.8 Å². The van der Waals surface area contributed by atoms with Crippen molar-refractivity contribution in [3.63, 3.8) is 0 Å². The standard InChI is InChI=1S/C15H25N5S/c1-9-14(10(2)20(6)19-9)11(18-16)7-13-17-12(8-21-13)15(3,4)5/h8,11,18H,7,16H2,1-6H3. The van der Waals surface area contributed by atoms with Gasteiger partial charge >= 0.3 is 0 Å². The van der Waals surface area contributed by atoms with E-state index in [-0.39, 0.29) is 11.5 Å². The van der Waals surface area contributed by atoms with Crippen LogP contribution in [0.25, 0.3) is 0 Å². The number of hydrazine groups is 1. The Morgan fingerprint density at radius 1 is 1.38 bits per heavy atom. The zero-order valence-electron chi connectivity index (χ0n) is 13.7. The number of rotatable bonds is 4. The maximum Gasteiger partial charge on any atom is 0.0948 e. The monoisotopic (exact) mass is 307 g/mol. The maximum absolute atomic E-state index is 5.78. The van der Waals surface area contributed by atoms with Crippen LogP contribution < -0.4 is 11.3 Å². The molecule has 0 amide bonds. The topological polar surface area (TPSA) is 68.8 Å². The molecule has 0 saturated heterocycles. The molecule has 2 aromatic rings. The lowest BCUT2D eigenvalue weighted by Gasteiger charge is -2.16. The zero-order valence-corrected chi connectivity index (χ0v) is 14.5. The predicted octanol–water partition coefficient (Wildman–Crippen LogP) is 2.54. The van der Waals surface area contributed by atoms with Crippen LogP contribution in [-0.4, -0.2) is 14.8 Å². The van der Waals surface area contributed by atoms with Crippen molar-refractivity contribution in [1.82, 2.24) is 20.2 Å². The molecule has 0 aliphatic rings. The molecule has 3 N–H and O–H groups in total. The number of thiazole rings is 1. The molecule has 5 nitrogen and oxygen atoms in total. The first-order valence-electron chi connectivity index (χ1n) is 7.15. The minimum Gasteiger partial charge on any atom is -0.272 e. The van der Waals surface area contributed by atoms with Gasteiger partial charge in [-0.3, -0.25) is 16.0 Å². The van der Waals surface area contributed by atoms with Crippen molar-refractivity contribution >= 4 is 11.3 Å². The highest BCUT2D eigenvalue weighted by Crippen LogP contribution is 2.28. The Hall–Kier alpha value is -1.24. The first-order valence-corrected chi connectivity index (χ1v) is 8.03. The lowest BCUT2D eigenvalue weighted by Crippen LogP contribution is -2.30. The van der Waals surface area contributed by atoms with Gasteiger partial charge in [-0.05, 0) is 13.8 Å². The van der Waals surface area contributed by atoms with Crippen LogP contribution in [0.5, 0.6) is 0 Å². The van der Waals surface area contributed by atoms with Gasteiger partial charge in [0, 0.05) is 35.5 Å². The highest BCUT2D eigenvalue weighted by atomic mass is 32.1. The van der Waals surface area contributed by atoms with Crippen molar-refractivity contribution in [2.75, 3.05) is 0 Å². The molecule has 0 fully saturated rings. The number of nitrogens with one attached hydrogen (secondary N) is 1. The average molecular weight is 307 g/mol. The van der Waals surface area contributed by atoms with Crippen LogP contribution >= 0.6 is 11.3 Å². The third kappa shape index (κ3) is 3.33. The first-order chi connectivity index (χ1) is 9.74. The molecular formula is C15H25N5S. The van der Waals surface area contributed by atoms with Gasteiger partial charge in [0.1, 0.15) is 0 Å². The Labute approximate surface area is 130 Å². The van der Waals surface area contributed by atoms with Gasteiger partial charge in [-0.25, -0.2) is 4.98 Å². The van der Waals surface area contributed by atoms with Gasteiger partial charge in [0.05, 0.1) is 22.4 Å². The van der Waals surface area contributed by atoms with Crippen LogP contribution in [0.3, 0.4) is 0 Å². The summed E-state index contributed by atoms with van der Waals surface area (Å²) in [6.45, 7) is 10.6. The number of nitrogens with zero attached hydrogens (tertiary/aromatic N) is 3. The molecule has 2 heterocycles. The second kappa shape index (κ2) is 5.87. The Balaban J connectivity index is 2.25. The Bertz CT molecular complexity index is 621. The smallest absolute Gasteiger partial charge is 0.0948 e. The van der Waals surface area contributed by atoms with E-state index in [0.29, 0.717) is 0 Å². The molecule has 1 atom stereocenters. The van der Waals surface area contributed by atoms with Crippen molar-refractivity contribution in [3.05, 3.63) is 33.0 Å². The molecule has 2 aromatic heterocycles. The Morgan fingerprint density at radius 3 is 2.48 bits per heavy atom. The third-order valence-corrected chi connectivity index (χ3v) is 4.68. The van der Waals surface area contributed by atoms with Crippen LogP contribution in [0.1, 0.15) is 54.5 Å². The minimum atomic E-state index is 0.0395. The SMILES string of the molecule is Cc1nn(C)c(C)c1C(Cc1nc(C(C)(C)C)cs1)NN. The Morgan fingerprint density at radius 2 is 2.05 bits per heavy atom. The zero-order chi connectivity index (χ0) is 15.8. The summed E-state index contributed by atoms with van der Waals surface area (Å²) in [4.78, 5) is 4.76. The molecule has 0 aliphatic heterocycles. The van der Waals surface area contributed by atoms with Gasteiger partial charge < -0.3 is 0 Å². The fourth-order valence-electron chi connectivity index (χ4n) is 2.46.